The predicted octanol–water partition coefficient (Wildman–Crippen LogP) is 5.94. The topological polar surface area (TPSA) is 89.0 Å². The first-order valence-electron chi connectivity index (χ1n) is 11.1. The number of benzene rings is 2. The van der Waals surface area contributed by atoms with Crippen molar-refractivity contribution in [1.82, 2.24) is 4.98 Å². The molecule has 2 aromatic carbocycles. The molecule has 7 nitrogen and oxygen atoms in total. The Balaban J connectivity index is 1.62. The molecule has 3 heterocycles. The quantitative estimate of drug-likeness (QED) is 0.298. The molecule has 1 aliphatic rings. The monoisotopic (exact) mass is 506 g/mol. The number of anilines is 1. The minimum atomic E-state index is -0.834. The molecular formula is C26H22N2O5S2. The number of rotatable bonds is 8. The molecule has 4 aromatic rings. The standard InChI is InChI=1S/C26H22N2O5S2/c1-3-32-16-9-7-15(8-10-16)22-21(23(29)19-6-5-13-34-19)24(30)25(31)28(22)26-27-18-12-11-17(33-4-2)14-20(18)35-26/h5-14,22,30H,3-4H2,1-2H3/t22-/m1/s1. The molecule has 0 saturated carbocycles. The van der Waals surface area contributed by atoms with Gasteiger partial charge >= 0.3 is 0 Å². The Morgan fingerprint density at radius 2 is 1.77 bits per heavy atom. The summed E-state index contributed by atoms with van der Waals surface area (Å²) in [6.45, 7) is 4.86. The molecule has 1 amide bonds. The highest BCUT2D eigenvalue weighted by molar-refractivity contribution is 7.22. The van der Waals surface area contributed by atoms with E-state index in [0.29, 0.717) is 45.8 Å². The van der Waals surface area contributed by atoms with Gasteiger partial charge in [-0.2, -0.15) is 0 Å². The molecule has 0 spiro atoms. The summed E-state index contributed by atoms with van der Waals surface area (Å²) < 4.78 is 12.0. The van der Waals surface area contributed by atoms with Crippen LogP contribution in [0.5, 0.6) is 11.5 Å². The summed E-state index contributed by atoms with van der Waals surface area (Å²) in [6, 6.07) is 15.3. The second-order valence-corrected chi connectivity index (χ2v) is 9.66. The van der Waals surface area contributed by atoms with E-state index >= 15 is 0 Å². The maximum absolute atomic E-state index is 13.4. The smallest absolute Gasteiger partial charge is 0.296 e. The number of hydrogen-bond acceptors (Lipinski definition) is 8. The molecule has 0 fully saturated rings. The van der Waals surface area contributed by atoms with Crippen LogP contribution in [0.25, 0.3) is 10.2 Å². The number of ether oxygens (including phenoxy) is 2. The lowest BCUT2D eigenvalue weighted by atomic mass is 9.95. The Hall–Kier alpha value is -3.69. The number of aromatic nitrogens is 1. The van der Waals surface area contributed by atoms with Gasteiger partial charge in [0.25, 0.3) is 5.91 Å². The Bertz CT molecular complexity index is 1420. The molecule has 0 unspecified atom stereocenters. The van der Waals surface area contributed by atoms with E-state index in [9.17, 15) is 14.7 Å². The fourth-order valence-electron chi connectivity index (χ4n) is 4.06. The summed E-state index contributed by atoms with van der Waals surface area (Å²) in [7, 11) is 0. The molecule has 1 atom stereocenters. The fourth-order valence-corrected chi connectivity index (χ4v) is 5.75. The van der Waals surface area contributed by atoms with Crippen molar-refractivity contribution in [1.29, 1.82) is 0 Å². The number of aliphatic hydroxyl groups is 1. The van der Waals surface area contributed by atoms with E-state index in [1.54, 1.807) is 41.8 Å². The largest absolute Gasteiger partial charge is 0.503 e. The van der Waals surface area contributed by atoms with E-state index in [1.165, 1.54) is 27.6 Å². The van der Waals surface area contributed by atoms with Crippen LogP contribution in [-0.2, 0) is 4.79 Å². The molecule has 35 heavy (non-hydrogen) atoms. The van der Waals surface area contributed by atoms with E-state index < -0.39 is 17.7 Å². The highest BCUT2D eigenvalue weighted by Gasteiger charge is 2.46. The molecule has 5 rings (SSSR count). The highest BCUT2D eigenvalue weighted by atomic mass is 32.1. The Morgan fingerprint density at radius 3 is 2.46 bits per heavy atom. The number of amides is 1. The van der Waals surface area contributed by atoms with Gasteiger partial charge < -0.3 is 14.6 Å². The number of ketones is 1. The number of carbonyl (C=O) groups excluding carboxylic acids is 2. The van der Waals surface area contributed by atoms with Crippen molar-refractivity contribution >= 4 is 49.7 Å². The summed E-state index contributed by atoms with van der Waals surface area (Å²) in [5.41, 5.74) is 1.40. The van der Waals surface area contributed by atoms with Crippen molar-refractivity contribution in [2.45, 2.75) is 19.9 Å². The van der Waals surface area contributed by atoms with E-state index in [4.69, 9.17) is 9.47 Å². The van der Waals surface area contributed by atoms with Crippen molar-refractivity contribution in [3.63, 3.8) is 0 Å². The number of nitrogens with zero attached hydrogens (tertiary/aromatic N) is 2. The van der Waals surface area contributed by atoms with Gasteiger partial charge in [0, 0.05) is 0 Å². The van der Waals surface area contributed by atoms with Gasteiger partial charge in [-0.1, -0.05) is 29.5 Å². The van der Waals surface area contributed by atoms with Gasteiger partial charge in [0.15, 0.2) is 10.9 Å². The first-order valence-corrected chi connectivity index (χ1v) is 12.8. The summed E-state index contributed by atoms with van der Waals surface area (Å²) in [4.78, 5) is 33.3. The number of thiazole rings is 1. The van der Waals surface area contributed by atoms with Crippen LogP contribution in [0.3, 0.4) is 0 Å². The lowest BCUT2D eigenvalue weighted by molar-refractivity contribution is -0.117. The Morgan fingerprint density at radius 1 is 1.06 bits per heavy atom. The number of aliphatic hydroxyl groups excluding tert-OH is 1. The number of hydrogen-bond donors (Lipinski definition) is 1. The van der Waals surface area contributed by atoms with Crippen LogP contribution in [-0.4, -0.2) is 35.0 Å². The molecule has 0 saturated heterocycles. The summed E-state index contributed by atoms with van der Waals surface area (Å²) in [6.07, 6.45) is 0. The van der Waals surface area contributed by atoms with Crippen LogP contribution in [0.2, 0.25) is 0 Å². The van der Waals surface area contributed by atoms with Crippen molar-refractivity contribution < 1.29 is 24.2 Å². The van der Waals surface area contributed by atoms with Gasteiger partial charge in [-0.25, -0.2) is 4.98 Å². The highest BCUT2D eigenvalue weighted by Crippen LogP contribution is 2.45. The maximum Gasteiger partial charge on any atom is 0.296 e. The van der Waals surface area contributed by atoms with E-state index in [1.807, 2.05) is 32.0 Å². The SMILES string of the molecule is CCOc1ccc([C@@H]2C(C(=O)c3cccs3)=C(O)C(=O)N2c2nc3ccc(OCC)cc3s2)cc1. The van der Waals surface area contributed by atoms with Crippen LogP contribution >= 0.6 is 22.7 Å². The number of thiophene rings is 1. The average Bonchev–Trinajstić information content (AvgIpc) is 3.59. The number of carbonyl (C=O) groups is 2. The third-order valence-corrected chi connectivity index (χ3v) is 7.46. The minimum Gasteiger partial charge on any atom is -0.503 e. The first-order chi connectivity index (χ1) is 17.0. The van der Waals surface area contributed by atoms with Crippen molar-refractivity contribution in [3.05, 3.63) is 81.8 Å². The molecule has 0 bridgehead atoms. The molecule has 0 radical (unpaired) electrons. The number of fused-ring (bicyclic) bond motifs is 1. The number of Topliss-reactive ketones (excluding diaryl/α,β-unsaturated/α-hetero) is 1. The third kappa shape index (κ3) is 4.17. The lowest BCUT2D eigenvalue weighted by Crippen LogP contribution is -2.30. The summed E-state index contributed by atoms with van der Waals surface area (Å²) in [5, 5.41) is 13.1. The molecule has 0 aliphatic carbocycles. The van der Waals surface area contributed by atoms with Gasteiger partial charge in [-0.05, 0) is 61.2 Å². The predicted molar refractivity (Wildman–Crippen MR) is 137 cm³/mol. The fraction of sp³-hybridized carbons (Fsp3) is 0.192. The second-order valence-electron chi connectivity index (χ2n) is 7.71. The first kappa shape index (κ1) is 23.1. The van der Waals surface area contributed by atoms with Gasteiger partial charge in [0.2, 0.25) is 5.78 Å². The lowest BCUT2D eigenvalue weighted by Gasteiger charge is -2.24. The van der Waals surface area contributed by atoms with Gasteiger partial charge in [-0.15, -0.1) is 11.3 Å². The Labute approximate surface area is 209 Å². The van der Waals surface area contributed by atoms with Gasteiger partial charge in [0.05, 0.1) is 39.9 Å². The van der Waals surface area contributed by atoms with Crippen LogP contribution in [0.1, 0.15) is 35.1 Å². The van der Waals surface area contributed by atoms with E-state index in [-0.39, 0.29) is 11.4 Å². The molecule has 1 N–H and O–H groups in total. The van der Waals surface area contributed by atoms with Crippen molar-refractivity contribution in [2.24, 2.45) is 0 Å². The van der Waals surface area contributed by atoms with Crippen LogP contribution < -0.4 is 14.4 Å². The zero-order valence-corrected chi connectivity index (χ0v) is 20.7. The zero-order valence-electron chi connectivity index (χ0n) is 19.1. The average molecular weight is 507 g/mol. The molecule has 1 aliphatic heterocycles. The molecular weight excluding hydrogens is 484 g/mol. The van der Waals surface area contributed by atoms with E-state index in [2.05, 4.69) is 4.98 Å². The van der Waals surface area contributed by atoms with Gasteiger partial charge in [-0.3, -0.25) is 14.5 Å². The van der Waals surface area contributed by atoms with E-state index in [0.717, 1.165) is 4.70 Å². The molecule has 178 valence electrons. The van der Waals surface area contributed by atoms with Crippen molar-refractivity contribution in [2.75, 3.05) is 18.1 Å². The molecule has 2 aromatic heterocycles. The maximum atomic E-state index is 13.4. The normalized spacial score (nSPS) is 15.8. The third-order valence-electron chi connectivity index (χ3n) is 5.57. The minimum absolute atomic E-state index is 0.0378. The summed E-state index contributed by atoms with van der Waals surface area (Å²) >= 11 is 2.57. The summed E-state index contributed by atoms with van der Waals surface area (Å²) in [5.74, 6) is -0.216. The zero-order chi connectivity index (χ0) is 24.5. The van der Waals surface area contributed by atoms with Gasteiger partial charge in [0.1, 0.15) is 11.5 Å². The second kappa shape index (κ2) is 9.52. The van der Waals surface area contributed by atoms with Crippen molar-refractivity contribution in [3.8, 4) is 11.5 Å². The van der Waals surface area contributed by atoms with Crippen LogP contribution in [0, 0.1) is 0 Å². The molecule has 9 heteroatoms. The van der Waals surface area contributed by atoms with Crippen LogP contribution in [0.4, 0.5) is 5.13 Å². The van der Waals surface area contributed by atoms with Crippen LogP contribution in [0.15, 0.2) is 71.3 Å². The Kier molecular flexibility index (Phi) is 6.27.